The summed E-state index contributed by atoms with van der Waals surface area (Å²) in [4.78, 5) is 0. The molecule has 0 spiro atoms. The zero-order valence-electron chi connectivity index (χ0n) is 11.2. The summed E-state index contributed by atoms with van der Waals surface area (Å²) < 4.78 is 11.9. The van der Waals surface area contributed by atoms with Crippen molar-refractivity contribution < 1.29 is 9.47 Å². The van der Waals surface area contributed by atoms with Gasteiger partial charge in [0.2, 0.25) is 0 Å². The molecule has 4 heteroatoms. The van der Waals surface area contributed by atoms with Gasteiger partial charge in [0.1, 0.15) is 11.5 Å². The van der Waals surface area contributed by atoms with Crippen LogP contribution in [0.2, 0.25) is 0 Å². The first kappa shape index (κ1) is 15.4. The highest BCUT2D eigenvalue weighted by Crippen LogP contribution is 2.29. The Morgan fingerprint density at radius 3 is 2.50 bits per heavy atom. The highest BCUT2D eigenvalue weighted by atomic mass is 79.9. The molecule has 0 aliphatic rings. The second-order valence-electron chi connectivity index (χ2n) is 4.37. The second-order valence-corrected chi connectivity index (χ2v) is 5.56. The fraction of sp³-hybridized carbons (Fsp3) is 0.250. The fourth-order valence-corrected chi connectivity index (χ4v) is 2.44. The van der Waals surface area contributed by atoms with Crippen molar-refractivity contribution in [1.29, 1.82) is 0 Å². The van der Waals surface area contributed by atoms with Crippen LogP contribution >= 0.6 is 27.5 Å². The Bertz CT molecular complexity index is 555. The molecule has 0 amide bonds. The zero-order chi connectivity index (χ0) is 14.4. The third kappa shape index (κ3) is 4.23. The number of hydrogen-bond donors (Lipinski definition) is 0. The van der Waals surface area contributed by atoms with Gasteiger partial charge in [-0.3, -0.25) is 0 Å². The van der Waals surface area contributed by atoms with Gasteiger partial charge < -0.3 is 9.47 Å². The van der Waals surface area contributed by atoms with Gasteiger partial charge in [0.25, 0.3) is 0 Å². The molecule has 0 aliphatic heterocycles. The summed E-state index contributed by atoms with van der Waals surface area (Å²) in [6.45, 7) is 0.726. The van der Waals surface area contributed by atoms with E-state index in [0.29, 0.717) is 5.88 Å². The van der Waals surface area contributed by atoms with E-state index in [1.165, 1.54) is 5.56 Å². The predicted octanol–water partition coefficient (Wildman–Crippen LogP) is 5.17. The van der Waals surface area contributed by atoms with E-state index in [-0.39, 0.29) is 0 Å². The van der Waals surface area contributed by atoms with Gasteiger partial charge in [0.05, 0.1) is 12.5 Å². The van der Waals surface area contributed by atoms with Gasteiger partial charge in [-0.25, -0.2) is 0 Å². The summed E-state index contributed by atoms with van der Waals surface area (Å²) in [7, 11) is 1.71. The van der Waals surface area contributed by atoms with Gasteiger partial charge in [0, 0.05) is 17.1 Å². The highest BCUT2D eigenvalue weighted by molar-refractivity contribution is 9.10. The molecule has 0 atom stereocenters. The van der Waals surface area contributed by atoms with E-state index < -0.39 is 0 Å². The van der Waals surface area contributed by atoms with E-state index in [1.807, 2.05) is 42.5 Å². The molecular weight excluding hydrogens is 340 g/mol. The van der Waals surface area contributed by atoms with Crippen molar-refractivity contribution in [3.8, 4) is 11.5 Å². The molecule has 0 saturated heterocycles. The van der Waals surface area contributed by atoms with Crippen molar-refractivity contribution in [3.05, 3.63) is 58.1 Å². The van der Waals surface area contributed by atoms with Crippen LogP contribution in [-0.4, -0.2) is 13.7 Å². The Balaban J connectivity index is 2.10. The average Bonchev–Trinajstić information content (AvgIpc) is 2.48. The van der Waals surface area contributed by atoms with Crippen LogP contribution in [0.5, 0.6) is 11.5 Å². The summed E-state index contributed by atoms with van der Waals surface area (Å²) in [5.41, 5.74) is 2.19. The molecule has 0 heterocycles. The molecule has 0 saturated carbocycles. The number of ether oxygens (including phenoxy) is 2. The van der Waals surface area contributed by atoms with Gasteiger partial charge in [-0.05, 0) is 42.3 Å². The lowest BCUT2D eigenvalue weighted by Gasteiger charge is -2.10. The van der Waals surface area contributed by atoms with Crippen LogP contribution < -0.4 is 4.74 Å². The van der Waals surface area contributed by atoms with E-state index in [0.717, 1.165) is 34.6 Å². The summed E-state index contributed by atoms with van der Waals surface area (Å²) in [6.07, 6.45) is 0.905. The van der Waals surface area contributed by atoms with Crippen LogP contribution in [-0.2, 0) is 17.0 Å². The first-order valence-electron chi connectivity index (χ1n) is 6.33. The van der Waals surface area contributed by atoms with E-state index in [9.17, 15) is 0 Å². The summed E-state index contributed by atoms with van der Waals surface area (Å²) in [6, 6.07) is 13.9. The van der Waals surface area contributed by atoms with Crippen LogP contribution in [0.25, 0.3) is 0 Å². The lowest BCUT2D eigenvalue weighted by molar-refractivity contribution is 0.202. The maximum Gasteiger partial charge on any atom is 0.131 e. The smallest absolute Gasteiger partial charge is 0.131 e. The van der Waals surface area contributed by atoms with Crippen LogP contribution in [0.4, 0.5) is 0 Å². The van der Waals surface area contributed by atoms with Crippen LogP contribution in [0.15, 0.2) is 46.9 Å². The van der Waals surface area contributed by atoms with Crippen molar-refractivity contribution >= 4 is 27.5 Å². The summed E-state index contributed by atoms with van der Waals surface area (Å²) in [5.74, 6) is 2.01. The van der Waals surface area contributed by atoms with Gasteiger partial charge in [-0.2, -0.15) is 0 Å². The highest BCUT2D eigenvalue weighted by Gasteiger charge is 2.05. The lowest BCUT2D eigenvalue weighted by Crippen LogP contribution is -1.94. The Morgan fingerprint density at radius 1 is 1.10 bits per heavy atom. The number of methoxy groups -OCH3 is 1. The number of rotatable bonds is 6. The number of halogens is 2. The Hall–Kier alpha value is -1.03. The molecule has 0 unspecified atom stereocenters. The van der Waals surface area contributed by atoms with Crippen molar-refractivity contribution in [2.45, 2.75) is 12.3 Å². The molecule has 0 bridgehead atoms. The van der Waals surface area contributed by atoms with Crippen molar-refractivity contribution in [2.75, 3.05) is 13.7 Å². The molecule has 2 nitrogen and oxygen atoms in total. The number of hydrogen-bond acceptors (Lipinski definition) is 2. The molecule has 2 rings (SSSR count). The predicted molar refractivity (Wildman–Crippen MR) is 85.8 cm³/mol. The summed E-state index contributed by atoms with van der Waals surface area (Å²) >= 11 is 9.37. The van der Waals surface area contributed by atoms with Crippen LogP contribution in [0.3, 0.4) is 0 Å². The first-order valence-corrected chi connectivity index (χ1v) is 7.66. The number of alkyl halides is 1. The monoisotopic (exact) mass is 354 g/mol. The minimum atomic E-state index is 0.417. The van der Waals surface area contributed by atoms with Gasteiger partial charge in [-0.15, -0.1) is 11.6 Å². The largest absolute Gasteiger partial charge is 0.457 e. The van der Waals surface area contributed by atoms with E-state index in [4.69, 9.17) is 21.1 Å². The molecular formula is C16H16BrClO2. The third-order valence-corrected chi connectivity index (χ3v) is 3.69. The molecule has 0 aromatic heterocycles. The molecule has 0 aliphatic carbocycles. The molecule has 106 valence electrons. The Kier molecular flexibility index (Phi) is 5.89. The molecule has 0 fully saturated rings. The van der Waals surface area contributed by atoms with Crippen LogP contribution in [0.1, 0.15) is 11.1 Å². The Labute approximate surface area is 132 Å². The maximum absolute atomic E-state index is 5.94. The first-order chi connectivity index (χ1) is 9.72. The van der Waals surface area contributed by atoms with E-state index in [1.54, 1.807) is 7.11 Å². The zero-order valence-corrected chi connectivity index (χ0v) is 13.6. The van der Waals surface area contributed by atoms with Crippen molar-refractivity contribution in [3.63, 3.8) is 0 Å². The third-order valence-electron chi connectivity index (χ3n) is 2.91. The average molecular weight is 356 g/mol. The molecule has 0 N–H and O–H groups in total. The van der Waals surface area contributed by atoms with E-state index in [2.05, 4.69) is 15.9 Å². The Morgan fingerprint density at radius 2 is 1.85 bits per heavy atom. The summed E-state index contributed by atoms with van der Waals surface area (Å²) in [5, 5.41) is 0. The maximum atomic E-state index is 5.94. The second kappa shape index (κ2) is 7.67. The quantitative estimate of drug-likeness (QED) is 0.666. The van der Waals surface area contributed by atoms with Crippen molar-refractivity contribution in [2.24, 2.45) is 0 Å². The molecule has 20 heavy (non-hydrogen) atoms. The van der Waals surface area contributed by atoms with Gasteiger partial charge in [0.15, 0.2) is 0 Å². The van der Waals surface area contributed by atoms with Crippen LogP contribution in [0, 0.1) is 0 Å². The van der Waals surface area contributed by atoms with Crippen molar-refractivity contribution in [1.82, 2.24) is 0 Å². The number of benzene rings is 2. The molecule has 0 radical (unpaired) electrons. The minimum absolute atomic E-state index is 0.417. The van der Waals surface area contributed by atoms with Gasteiger partial charge >= 0.3 is 0 Å². The SMILES string of the molecule is COCCc1ccc(Oc2ccc(Br)cc2CCl)cc1. The molecule has 2 aromatic carbocycles. The molecule has 2 aromatic rings. The normalized spacial score (nSPS) is 10.6. The lowest BCUT2D eigenvalue weighted by atomic mass is 10.1. The van der Waals surface area contributed by atoms with Gasteiger partial charge in [-0.1, -0.05) is 28.1 Å². The standard InChI is InChI=1S/C16H16BrClO2/c1-19-9-8-12-2-5-15(6-3-12)20-16-7-4-14(17)10-13(16)11-18/h2-7,10H,8-9,11H2,1H3. The van der Waals surface area contributed by atoms with E-state index >= 15 is 0 Å². The topological polar surface area (TPSA) is 18.5 Å². The minimum Gasteiger partial charge on any atom is -0.457 e. The fourth-order valence-electron chi connectivity index (χ4n) is 1.82.